The molecule has 3 heterocycles. The van der Waals surface area contributed by atoms with E-state index in [1.54, 1.807) is 58.0 Å². The molecule has 0 saturated carbocycles. The molecular weight excluding hydrogens is 558 g/mol. The highest BCUT2D eigenvalue weighted by molar-refractivity contribution is 8.02. The number of likely N-dealkylation sites (tertiary alicyclic amines) is 1. The number of thioether (sulfide) groups is 1. The lowest BCUT2D eigenvalue weighted by molar-refractivity contribution is -0.145. The van der Waals surface area contributed by atoms with Crippen molar-refractivity contribution in [3.05, 3.63) is 90.5 Å². The predicted molar refractivity (Wildman–Crippen MR) is 164 cm³/mol. The summed E-state index contributed by atoms with van der Waals surface area (Å²) in [4.78, 5) is 48.0. The molecule has 0 aliphatic carbocycles. The predicted octanol–water partition coefficient (Wildman–Crippen LogP) is 4.55. The number of hydrogen-bond acceptors (Lipinski definition) is 5. The van der Waals surface area contributed by atoms with E-state index >= 15 is 0 Å². The van der Waals surface area contributed by atoms with Gasteiger partial charge in [0.2, 0.25) is 11.8 Å². The van der Waals surface area contributed by atoms with E-state index in [0.717, 1.165) is 5.56 Å². The van der Waals surface area contributed by atoms with E-state index < -0.39 is 27.4 Å². The summed E-state index contributed by atoms with van der Waals surface area (Å²) < 4.78 is -1.28. The van der Waals surface area contributed by atoms with Gasteiger partial charge in [-0.2, -0.15) is 0 Å². The molecule has 7 nitrogen and oxygen atoms in total. The number of fused-ring (bicyclic) bond motifs is 1. The highest BCUT2D eigenvalue weighted by Gasteiger charge is 2.77. The van der Waals surface area contributed by atoms with Crippen molar-refractivity contribution in [3.63, 3.8) is 0 Å². The largest absolute Gasteiger partial charge is 0.395 e. The molecule has 9 heteroatoms. The molecule has 2 unspecified atom stereocenters. The summed E-state index contributed by atoms with van der Waals surface area (Å²) in [5, 5.41) is 10.5. The van der Waals surface area contributed by atoms with Crippen LogP contribution in [-0.4, -0.2) is 74.4 Å². The Balaban J connectivity index is 1.54. The van der Waals surface area contributed by atoms with Crippen LogP contribution in [0.5, 0.6) is 0 Å². The number of carbonyl (C=O) groups excluding carboxylic acids is 3. The quantitative estimate of drug-likeness (QED) is 0.387. The summed E-state index contributed by atoms with van der Waals surface area (Å²) in [5.41, 5.74) is 1.64. The molecule has 3 aliphatic rings. The highest BCUT2D eigenvalue weighted by Crippen LogP contribution is 2.71. The first-order chi connectivity index (χ1) is 19.7. The molecule has 3 aliphatic heterocycles. The van der Waals surface area contributed by atoms with Gasteiger partial charge in [0.05, 0.1) is 23.2 Å². The van der Waals surface area contributed by atoms with Crippen LogP contribution in [0.3, 0.4) is 0 Å². The fraction of sp³-hybridized carbons (Fsp3) is 0.406. The van der Waals surface area contributed by atoms with Crippen molar-refractivity contribution in [2.24, 2.45) is 11.8 Å². The Bertz CT molecular complexity index is 1340. The van der Waals surface area contributed by atoms with Crippen LogP contribution >= 0.6 is 23.4 Å². The van der Waals surface area contributed by atoms with E-state index in [4.69, 9.17) is 11.6 Å². The van der Waals surface area contributed by atoms with E-state index in [1.165, 1.54) is 4.90 Å². The molecule has 0 aromatic heterocycles. The first-order valence-electron chi connectivity index (χ1n) is 13.9. The average molecular weight is 594 g/mol. The zero-order chi connectivity index (χ0) is 29.4. The number of benzene rings is 2. The van der Waals surface area contributed by atoms with E-state index in [1.807, 2.05) is 30.3 Å². The number of aliphatic hydroxyl groups excluding tert-OH is 1. The highest BCUT2D eigenvalue weighted by atomic mass is 35.5. The number of nitrogens with zero attached hydrogens (tertiary/aromatic N) is 3. The second-order valence-corrected chi connectivity index (χ2v) is 13.5. The van der Waals surface area contributed by atoms with Crippen LogP contribution in [0.15, 0.2) is 79.9 Å². The lowest BCUT2D eigenvalue weighted by atomic mass is 9.66. The molecule has 216 valence electrons. The summed E-state index contributed by atoms with van der Waals surface area (Å²) in [5.74, 6) is -1.84. The minimum atomic E-state index is -0.825. The van der Waals surface area contributed by atoms with Crippen molar-refractivity contribution in [1.29, 1.82) is 0 Å². The molecule has 5 atom stereocenters. The van der Waals surface area contributed by atoms with Crippen molar-refractivity contribution >= 4 is 46.8 Å². The first-order valence-corrected chi connectivity index (χ1v) is 15.1. The van der Waals surface area contributed by atoms with Crippen LogP contribution in [-0.2, 0) is 20.9 Å². The fourth-order valence-corrected chi connectivity index (χ4v) is 9.51. The van der Waals surface area contributed by atoms with Crippen LogP contribution in [0.2, 0.25) is 5.02 Å². The van der Waals surface area contributed by atoms with Gasteiger partial charge in [-0.1, -0.05) is 54.1 Å². The van der Waals surface area contributed by atoms with Gasteiger partial charge in [-0.3, -0.25) is 14.4 Å². The van der Waals surface area contributed by atoms with E-state index in [2.05, 4.69) is 20.1 Å². The Labute approximate surface area is 250 Å². The Kier molecular flexibility index (Phi) is 8.37. The number of β-amino-alcohol motifs (C(OH)–C–C–N with tert-alkyl or cyclic N) is 1. The molecular formula is C32H36ClN3O4S. The maximum atomic E-state index is 14.5. The maximum absolute atomic E-state index is 14.5. The minimum absolute atomic E-state index is 0.0224. The molecule has 2 aromatic rings. The third-order valence-electron chi connectivity index (χ3n) is 8.71. The maximum Gasteiger partial charge on any atom is 0.251 e. The van der Waals surface area contributed by atoms with Crippen molar-refractivity contribution in [2.75, 3.05) is 31.1 Å². The molecule has 2 aromatic carbocycles. The summed E-state index contributed by atoms with van der Waals surface area (Å²) >= 11 is 7.74. The first kappa shape index (κ1) is 29.4. The fourth-order valence-electron chi connectivity index (χ4n) is 7.04. The monoisotopic (exact) mass is 593 g/mol. The summed E-state index contributed by atoms with van der Waals surface area (Å²) in [6.45, 7) is 10.5. The van der Waals surface area contributed by atoms with Gasteiger partial charge in [0.25, 0.3) is 5.91 Å². The molecule has 3 amide bonds. The number of hydrogen-bond donors (Lipinski definition) is 1. The second kappa shape index (κ2) is 11.7. The van der Waals surface area contributed by atoms with Gasteiger partial charge in [0.15, 0.2) is 0 Å². The Morgan fingerprint density at radius 2 is 1.76 bits per heavy atom. The number of amides is 3. The molecule has 5 rings (SSSR count). The Morgan fingerprint density at radius 3 is 2.39 bits per heavy atom. The van der Waals surface area contributed by atoms with Gasteiger partial charge in [0, 0.05) is 41.6 Å². The molecule has 1 spiro atoms. The van der Waals surface area contributed by atoms with Gasteiger partial charge in [0.1, 0.15) is 6.04 Å². The Morgan fingerprint density at radius 1 is 1.07 bits per heavy atom. The molecule has 2 bridgehead atoms. The zero-order valence-corrected chi connectivity index (χ0v) is 24.8. The van der Waals surface area contributed by atoms with E-state index in [0.29, 0.717) is 36.6 Å². The number of rotatable bonds is 11. The van der Waals surface area contributed by atoms with Gasteiger partial charge in [-0.05, 0) is 49.6 Å². The number of carbonyl (C=O) groups is 3. The van der Waals surface area contributed by atoms with Gasteiger partial charge < -0.3 is 19.8 Å². The molecule has 3 saturated heterocycles. The zero-order valence-electron chi connectivity index (χ0n) is 23.2. The third-order valence-corrected chi connectivity index (χ3v) is 10.9. The van der Waals surface area contributed by atoms with Crippen molar-refractivity contribution in [2.45, 2.75) is 41.8 Å². The number of halogens is 1. The molecule has 41 heavy (non-hydrogen) atoms. The summed E-state index contributed by atoms with van der Waals surface area (Å²) in [7, 11) is 0. The third kappa shape index (κ3) is 5.00. The van der Waals surface area contributed by atoms with Crippen LogP contribution < -0.4 is 4.90 Å². The molecule has 3 fully saturated rings. The van der Waals surface area contributed by atoms with Crippen molar-refractivity contribution in [1.82, 2.24) is 9.80 Å². The van der Waals surface area contributed by atoms with Gasteiger partial charge in [-0.25, -0.2) is 0 Å². The lowest BCUT2D eigenvalue weighted by Crippen LogP contribution is -2.55. The van der Waals surface area contributed by atoms with Crippen molar-refractivity contribution in [3.8, 4) is 0 Å². The normalized spacial score (nSPS) is 27.9. The van der Waals surface area contributed by atoms with Gasteiger partial charge in [-0.15, -0.1) is 24.9 Å². The second-order valence-electron chi connectivity index (χ2n) is 11.2. The van der Waals surface area contributed by atoms with Crippen molar-refractivity contribution < 1.29 is 19.5 Å². The topological polar surface area (TPSA) is 81.2 Å². The smallest absolute Gasteiger partial charge is 0.251 e. The lowest BCUT2D eigenvalue weighted by Gasteiger charge is -2.38. The summed E-state index contributed by atoms with van der Waals surface area (Å²) in [6, 6.07) is 15.9. The molecule has 0 radical (unpaired) electrons. The molecule has 1 N–H and O–H groups in total. The van der Waals surface area contributed by atoms with Crippen LogP contribution in [0, 0.1) is 11.8 Å². The van der Waals surface area contributed by atoms with E-state index in [-0.39, 0.29) is 37.4 Å². The van der Waals surface area contributed by atoms with Crippen LogP contribution in [0.4, 0.5) is 5.69 Å². The number of anilines is 1. The minimum Gasteiger partial charge on any atom is -0.395 e. The number of aliphatic hydroxyl groups is 1. The van der Waals surface area contributed by atoms with Crippen LogP contribution in [0.1, 0.15) is 25.3 Å². The van der Waals surface area contributed by atoms with E-state index in [9.17, 15) is 19.5 Å². The average Bonchev–Trinajstić information content (AvgIpc) is 3.53. The van der Waals surface area contributed by atoms with Crippen LogP contribution in [0.25, 0.3) is 0 Å². The SMILES string of the molecule is C=CCN(Cc1ccccc1)C(=O)[C@H]1[C@H]2C(=O)N(CCO)C(C(=O)N(CC=C)c3ccc(Cl)cc3)C23CC[C@]1(C)S3. The van der Waals surface area contributed by atoms with Gasteiger partial charge >= 0.3 is 0 Å². The Hall–Kier alpha value is -3.07. The summed E-state index contributed by atoms with van der Waals surface area (Å²) in [6.07, 6.45) is 4.71. The standard InChI is InChI=1S/C32H36ClN3O4S/c1-4-17-34(21-22-9-7-6-8-10-22)28(38)25-26-29(39)36(19-20-37)27(32(26)16-15-31(25,3)41-32)30(40)35(18-5-2)24-13-11-23(33)12-14-24/h4-14,25-27,37H,1-2,15-21H2,3H3/t25-,26+,27?,31+,32?/m1/s1.